The number of benzene rings is 2. The van der Waals surface area contributed by atoms with Crippen molar-refractivity contribution in [2.24, 2.45) is 0 Å². The van der Waals surface area contributed by atoms with E-state index in [1.807, 2.05) is 24.3 Å². The molecule has 3 heteroatoms. The van der Waals surface area contributed by atoms with Crippen LogP contribution in [0.25, 0.3) is 23.6 Å². The van der Waals surface area contributed by atoms with Crippen LogP contribution in [0.4, 0.5) is 0 Å². The highest BCUT2D eigenvalue weighted by atomic mass is 16.4. The van der Waals surface area contributed by atoms with Crippen molar-refractivity contribution >= 4 is 12.2 Å². The van der Waals surface area contributed by atoms with Gasteiger partial charge in [-0.05, 0) is 30.2 Å². The van der Waals surface area contributed by atoms with Crippen LogP contribution in [0.5, 0.6) is 0 Å². The van der Waals surface area contributed by atoms with Crippen molar-refractivity contribution in [3.05, 3.63) is 71.1 Å². The quantitative estimate of drug-likeness (QED) is 0.660. The van der Waals surface area contributed by atoms with Crippen molar-refractivity contribution in [3.8, 4) is 11.5 Å². The first kappa shape index (κ1) is 13.3. The molecule has 0 fully saturated rings. The minimum absolute atomic E-state index is 0.557. The molecule has 0 bridgehead atoms. The van der Waals surface area contributed by atoms with Crippen LogP contribution < -0.4 is 0 Å². The Bertz CT molecular complexity index is 753. The van der Waals surface area contributed by atoms with Gasteiger partial charge >= 0.3 is 0 Å². The zero-order valence-corrected chi connectivity index (χ0v) is 12.1. The number of aryl methyl sites for hydroxylation is 2. The van der Waals surface area contributed by atoms with Gasteiger partial charge in [0.25, 0.3) is 0 Å². The summed E-state index contributed by atoms with van der Waals surface area (Å²) in [7, 11) is 0. The van der Waals surface area contributed by atoms with Crippen molar-refractivity contribution in [3.63, 3.8) is 0 Å². The van der Waals surface area contributed by atoms with Gasteiger partial charge in [-0.2, -0.15) is 0 Å². The summed E-state index contributed by atoms with van der Waals surface area (Å²) in [5.74, 6) is 1.13. The highest BCUT2D eigenvalue weighted by Crippen LogP contribution is 2.19. The Balaban J connectivity index is 1.76. The van der Waals surface area contributed by atoms with Gasteiger partial charge in [-0.25, -0.2) is 0 Å². The fourth-order valence-electron chi connectivity index (χ4n) is 2.02. The standard InChI is InChI=1S/C18H16N2O/c1-13-3-5-15(6-4-13)7-8-16-9-11-17(12-10-16)18-20-19-14(2)21-18/h3-12H,1-2H3/b8-7-. The third kappa shape index (κ3) is 3.26. The molecule has 0 atom stereocenters. The SMILES string of the molecule is Cc1ccc(/C=C\c2ccc(-c3nnc(C)o3)cc2)cc1. The monoisotopic (exact) mass is 276 g/mol. The predicted molar refractivity (Wildman–Crippen MR) is 84.6 cm³/mol. The third-order valence-corrected chi connectivity index (χ3v) is 3.23. The van der Waals surface area contributed by atoms with Crippen LogP contribution in [-0.2, 0) is 0 Å². The smallest absolute Gasteiger partial charge is 0.247 e. The van der Waals surface area contributed by atoms with Crippen molar-refractivity contribution in [2.45, 2.75) is 13.8 Å². The van der Waals surface area contributed by atoms with Crippen molar-refractivity contribution in [1.29, 1.82) is 0 Å². The van der Waals surface area contributed by atoms with E-state index in [2.05, 4.69) is 53.5 Å². The Hall–Kier alpha value is -2.68. The first-order valence-corrected chi connectivity index (χ1v) is 6.86. The largest absolute Gasteiger partial charge is 0.421 e. The summed E-state index contributed by atoms with van der Waals surface area (Å²) in [5, 5.41) is 7.85. The molecule has 3 rings (SSSR count). The Labute approximate surface area is 124 Å². The van der Waals surface area contributed by atoms with Crippen LogP contribution in [0.3, 0.4) is 0 Å². The van der Waals surface area contributed by atoms with E-state index in [1.54, 1.807) is 6.92 Å². The molecule has 21 heavy (non-hydrogen) atoms. The van der Waals surface area contributed by atoms with Crippen LogP contribution >= 0.6 is 0 Å². The molecule has 0 unspecified atom stereocenters. The number of rotatable bonds is 3. The van der Waals surface area contributed by atoms with Gasteiger partial charge in [-0.1, -0.05) is 54.1 Å². The lowest BCUT2D eigenvalue weighted by atomic mass is 10.1. The van der Waals surface area contributed by atoms with E-state index in [9.17, 15) is 0 Å². The summed E-state index contributed by atoms with van der Waals surface area (Å²) in [6, 6.07) is 16.5. The van der Waals surface area contributed by atoms with Gasteiger partial charge < -0.3 is 4.42 Å². The van der Waals surface area contributed by atoms with E-state index < -0.39 is 0 Å². The molecule has 0 aliphatic rings. The average molecular weight is 276 g/mol. The Morgan fingerprint density at radius 3 is 1.86 bits per heavy atom. The molecule has 104 valence electrons. The summed E-state index contributed by atoms with van der Waals surface area (Å²) >= 11 is 0. The predicted octanol–water partition coefficient (Wildman–Crippen LogP) is 4.52. The van der Waals surface area contributed by atoms with Crippen LogP contribution in [0, 0.1) is 13.8 Å². The van der Waals surface area contributed by atoms with Crippen LogP contribution in [-0.4, -0.2) is 10.2 Å². The molecule has 0 saturated heterocycles. The third-order valence-electron chi connectivity index (χ3n) is 3.23. The first-order chi connectivity index (χ1) is 10.2. The Kier molecular flexibility index (Phi) is 3.65. The summed E-state index contributed by atoms with van der Waals surface area (Å²) in [6.45, 7) is 3.88. The zero-order chi connectivity index (χ0) is 14.7. The minimum atomic E-state index is 0.557. The molecule has 1 heterocycles. The summed E-state index contributed by atoms with van der Waals surface area (Å²) in [5.41, 5.74) is 4.53. The van der Waals surface area contributed by atoms with E-state index in [4.69, 9.17) is 4.42 Å². The Morgan fingerprint density at radius 1 is 0.762 bits per heavy atom. The molecule has 0 aliphatic heterocycles. The number of nitrogens with zero attached hydrogens (tertiary/aromatic N) is 2. The van der Waals surface area contributed by atoms with Gasteiger partial charge in [0.15, 0.2) is 0 Å². The number of hydrogen-bond acceptors (Lipinski definition) is 3. The maximum absolute atomic E-state index is 5.41. The van der Waals surface area contributed by atoms with E-state index in [0.717, 1.165) is 11.1 Å². The molecule has 2 aromatic carbocycles. The van der Waals surface area contributed by atoms with Crippen molar-refractivity contribution < 1.29 is 4.42 Å². The van der Waals surface area contributed by atoms with Crippen LogP contribution in [0.1, 0.15) is 22.6 Å². The topological polar surface area (TPSA) is 38.9 Å². The van der Waals surface area contributed by atoms with E-state index >= 15 is 0 Å². The van der Waals surface area contributed by atoms with Gasteiger partial charge in [0.05, 0.1) is 0 Å². The molecule has 3 aromatic rings. The molecule has 0 spiro atoms. The summed E-state index contributed by atoms with van der Waals surface area (Å²) < 4.78 is 5.41. The van der Waals surface area contributed by atoms with Gasteiger partial charge in [0.2, 0.25) is 11.8 Å². The van der Waals surface area contributed by atoms with Gasteiger partial charge in [-0.3, -0.25) is 0 Å². The van der Waals surface area contributed by atoms with Gasteiger partial charge in [0, 0.05) is 12.5 Å². The second-order valence-corrected chi connectivity index (χ2v) is 4.99. The lowest BCUT2D eigenvalue weighted by Gasteiger charge is -1.98. The fourth-order valence-corrected chi connectivity index (χ4v) is 2.02. The highest BCUT2D eigenvalue weighted by Gasteiger charge is 2.04. The molecule has 0 radical (unpaired) electrons. The molecule has 0 amide bonds. The molecule has 0 N–H and O–H groups in total. The molecular formula is C18H16N2O. The highest BCUT2D eigenvalue weighted by molar-refractivity contribution is 5.70. The molecule has 0 saturated carbocycles. The maximum Gasteiger partial charge on any atom is 0.247 e. The average Bonchev–Trinajstić information content (AvgIpc) is 2.94. The Morgan fingerprint density at radius 2 is 1.33 bits per heavy atom. The van der Waals surface area contributed by atoms with Gasteiger partial charge in [-0.15, -0.1) is 10.2 Å². The fraction of sp³-hybridized carbons (Fsp3) is 0.111. The van der Waals surface area contributed by atoms with Crippen molar-refractivity contribution in [1.82, 2.24) is 10.2 Å². The lowest BCUT2D eigenvalue weighted by molar-refractivity contribution is 0.533. The normalized spacial score (nSPS) is 11.1. The van der Waals surface area contributed by atoms with Gasteiger partial charge in [0.1, 0.15) is 0 Å². The second-order valence-electron chi connectivity index (χ2n) is 4.99. The lowest BCUT2D eigenvalue weighted by Crippen LogP contribution is -1.79. The number of hydrogen-bond donors (Lipinski definition) is 0. The maximum atomic E-state index is 5.41. The molecular weight excluding hydrogens is 260 g/mol. The zero-order valence-electron chi connectivity index (χ0n) is 12.1. The van der Waals surface area contributed by atoms with Crippen LogP contribution in [0.15, 0.2) is 52.9 Å². The molecule has 0 aliphatic carbocycles. The van der Waals surface area contributed by atoms with Crippen LogP contribution in [0.2, 0.25) is 0 Å². The molecule has 1 aromatic heterocycles. The summed E-state index contributed by atoms with van der Waals surface area (Å²) in [6.07, 6.45) is 4.19. The van der Waals surface area contributed by atoms with E-state index in [-0.39, 0.29) is 0 Å². The molecule has 3 nitrogen and oxygen atoms in total. The minimum Gasteiger partial charge on any atom is -0.421 e. The second kappa shape index (κ2) is 5.75. The van der Waals surface area contributed by atoms with E-state index in [1.165, 1.54) is 11.1 Å². The summed E-state index contributed by atoms with van der Waals surface area (Å²) in [4.78, 5) is 0. The van der Waals surface area contributed by atoms with E-state index in [0.29, 0.717) is 11.8 Å². The number of aromatic nitrogens is 2. The van der Waals surface area contributed by atoms with Crippen molar-refractivity contribution in [2.75, 3.05) is 0 Å². The first-order valence-electron chi connectivity index (χ1n) is 6.86.